The monoisotopic (exact) mass is 295 g/mol. The fraction of sp³-hybridized carbons (Fsp3) is 0.214. The van der Waals surface area contributed by atoms with Gasteiger partial charge in [0.1, 0.15) is 5.75 Å². The first-order valence-electron chi connectivity index (χ1n) is 5.91. The van der Waals surface area contributed by atoms with Gasteiger partial charge in [0.15, 0.2) is 0 Å². The van der Waals surface area contributed by atoms with Gasteiger partial charge in [-0.3, -0.25) is 4.79 Å². The minimum absolute atomic E-state index is 0.111. The lowest BCUT2D eigenvalue weighted by molar-refractivity contribution is 0.103. The number of hydrogen-bond donors (Lipinski definition) is 1. The van der Waals surface area contributed by atoms with E-state index in [0.29, 0.717) is 17.4 Å². The number of rotatable bonds is 5. The third-order valence-corrected chi connectivity index (χ3v) is 3.66. The van der Waals surface area contributed by atoms with Crippen LogP contribution >= 0.6 is 22.9 Å². The average Bonchev–Trinajstić information content (AvgIpc) is 2.94. The van der Waals surface area contributed by atoms with E-state index < -0.39 is 0 Å². The number of carbonyl (C=O) groups is 1. The van der Waals surface area contributed by atoms with Crippen LogP contribution in [-0.4, -0.2) is 12.5 Å². The summed E-state index contributed by atoms with van der Waals surface area (Å²) in [6.07, 6.45) is 0. The minimum atomic E-state index is -0.111. The Kier molecular flexibility index (Phi) is 4.82. The molecule has 19 heavy (non-hydrogen) atoms. The van der Waals surface area contributed by atoms with E-state index in [1.807, 2.05) is 36.6 Å². The number of amides is 1. The predicted molar refractivity (Wildman–Crippen MR) is 79.4 cm³/mol. The molecule has 1 N–H and O–H groups in total. The lowest BCUT2D eigenvalue weighted by Gasteiger charge is -2.10. The second-order valence-corrected chi connectivity index (χ2v) is 5.04. The van der Waals surface area contributed by atoms with E-state index in [1.165, 1.54) is 11.3 Å². The summed E-state index contributed by atoms with van der Waals surface area (Å²) in [5, 5.41) is 4.72. The Morgan fingerprint density at radius 3 is 2.89 bits per heavy atom. The number of alkyl halides is 1. The molecule has 0 spiro atoms. The van der Waals surface area contributed by atoms with Gasteiger partial charge in [-0.1, -0.05) is 6.07 Å². The zero-order valence-electron chi connectivity index (χ0n) is 10.5. The molecule has 2 aromatic rings. The van der Waals surface area contributed by atoms with Gasteiger partial charge >= 0.3 is 0 Å². The van der Waals surface area contributed by atoms with Crippen LogP contribution in [0.2, 0.25) is 0 Å². The van der Waals surface area contributed by atoms with Gasteiger partial charge in [-0.15, -0.1) is 22.9 Å². The molecular formula is C14H14ClNO2S. The lowest BCUT2D eigenvalue weighted by Crippen LogP contribution is -2.10. The highest BCUT2D eigenvalue weighted by Crippen LogP contribution is 2.25. The van der Waals surface area contributed by atoms with Crippen molar-refractivity contribution in [3.63, 3.8) is 0 Å². The molecule has 0 fully saturated rings. The van der Waals surface area contributed by atoms with Gasteiger partial charge in [0.05, 0.1) is 17.4 Å². The van der Waals surface area contributed by atoms with Gasteiger partial charge in [0, 0.05) is 11.3 Å². The Hall–Kier alpha value is -1.52. The smallest absolute Gasteiger partial charge is 0.265 e. The van der Waals surface area contributed by atoms with Crippen molar-refractivity contribution in [1.82, 2.24) is 0 Å². The van der Waals surface area contributed by atoms with Gasteiger partial charge in [-0.2, -0.15) is 0 Å². The van der Waals surface area contributed by atoms with Crippen LogP contribution in [0.1, 0.15) is 22.2 Å². The summed E-state index contributed by atoms with van der Waals surface area (Å²) in [5.74, 6) is 0.990. The first-order chi connectivity index (χ1) is 9.24. The third-order valence-electron chi connectivity index (χ3n) is 2.51. The molecule has 5 heteroatoms. The van der Waals surface area contributed by atoms with E-state index in [4.69, 9.17) is 16.3 Å². The van der Waals surface area contributed by atoms with Crippen molar-refractivity contribution in [3.05, 3.63) is 46.2 Å². The topological polar surface area (TPSA) is 38.3 Å². The molecule has 0 aliphatic carbocycles. The zero-order chi connectivity index (χ0) is 13.7. The molecule has 0 saturated carbocycles. The first kappa shape index (κ1) is 13.9. The van der Waals surface area contributed by atoms with Crippen LogP contribution in [0, 0.1) is 0 Å². The molecule has 2 rings (SSSR count). The molecule has 0 bridgehead atoms. The number of carbonyl (C=O) groups excluding carboxylic acids is 1. The molecule has 0 unspecified atom stereocenters. The van der Waals surface area contributed by atoms with Crippen LogP contribution in [0.4, 0.5) is 5.69 Å². The Bertz CT molecular complexity index is 555. The molecular weight excluding hydrogens is 282 g/mol. The number of anilines is 1. The summed E-state index contributed by atoms with van der Waals surface area (Å²) < 4.78 is 5.47. The Morgan fingerprint density at radius 2 is 2.26 bits per heavy atom. The van der Waals surface area contributed by atoms with Gasteiger partial charge in [0.2, 0.25) is 0 Å². The summed E-state index contributed by atoms with van der Waals surface area (Å²) in [6.45, 7) is 2.51. The normalized spacial score (nSPS) is 10.2. The van der Waals surface area contributed by atoms with E-state index in [2.05, 4.69) is 5.32 Å². The van der Waals surface area contributed by atoms with E-state index in [1.54, 1.807) is 6.07 Å². The molecule has 0 aliphatic rings. The van der Waals surface area contributed by atoms with Crippen molar-refractivity contribution < 1.29 is 9.53 Å². The van der Waals surface area contributed by atoms with E-state index in [0.717, 1.165) is 17.0 Å². The second kappa shape index (κ2) is 6.59. The summed E-state index contributed by atoms with van der Waals surface area (Å²) in [6, 6.07) is 9.11. The van der Waals surface area contributed by atoms with Crippen LogP contribution < -0.4 is 10.1 Å². The number of benzene rings is 1. The van der Waals surface area contributed by atoms with Gasteiger partial charge < -0.3 is 10.1 Å². The molecule has 1 aromatic carbocycles. The van der Waals surface area contributed by atoms with Crippen molar-refractivity contribution in [2.45, 2.75) is 12.8 Å². The van der Waals surface area contributed by atoms with Crippen LogP contribution in [0.15, 0.2) is 35.7 Å². The number of thiophene rings is 1. The summed E-state index contributed by atoms with van der Waals surface area (Å²) in [7, 11) is 0. The predicted octanol–water partition coefficient (Wildman–Crippen LogP) is 4.14. The van der Waals surface area contributed by atoms with Crippen molar-refractivity contribution >= 4 is 34.5 Å². The molecule has 1 heterocycles. The van der Waals surface area contributed by atoms with Gasteiger partial charge in [-0.25, -0.2) is 0 Å². The van der Waals surface area contributed by atoms with Gasteiger partial charge in [-0.05, 0) is 36.6 Å². The van der Waals surface area contributed by atoms with Crippen LogP contribution in [0.3, 0.4) is 0 Å². The van der Waals surface area contributed by atoms with E-state index in [-0.39, 0.29) is 5.91 Å². The third kappa shape index (κ3) is 3.49. The van der Waals surface area contributed by atoms with E-state index >= 15 is 0 Å². The fourth-order valence-electron chi connectivity index (χ4n) is 1.66. The van der Waals surface area contributed by atoms with Crippen molar-refractivity contribution in [3.8, 4) is 5.75 Å². The van der Waals surface area contributed by atoms with Crippen molar-refractivity contribution in [2.75, 3.05) is 11.9 Å². The highest BCUT2D eigenvalue weighted by Gasteiger charge is 2.09. The molecule has 0 atom stereocenters. The van der Waals surface area contributed by atoms with Crippen molar-refractivity contribution in [1.29, 1.82) is 0 Å². The number of hydrogen-bond acceptors (Lipinski definition) is 3. The summed E-state index contributed by atoms with van der Waals surface area (Å²) in [4.78, 5) is 12.6. The molecule has 3 nitrogen and oxygen atoms in total. The average molecular weight is 296 g/mol. The minimum Gasteiger partial charge on any atom is -0.494 e. The lowest BCUT2D eigenvalue weighted by atomic mass is 10.2. The molecule has 0 aliphatic heterocycles. The molecule has 0 radical (unpaired) electrons. The SMILES string of the molecule is CCOc1ccc(NC(=O)c2cccs2)cc1CCl. The van der Waals surface area contributed by atoms with Gasteiger partial charge in [0.25, 0.3) is 5.91 Å². The van der Waals surface area contributed by atoms with Crippen molar-refractivity contribution in [2.24, 2.45) is 0 Å². The van der Waals surface area contributed by atoms with E-state index in [9.17, 15) is 4.79 Å². The summed E-state index contributed by atoms with van der Waals surface area (Å²) >= 11 is 7.29. The largest absolute Gasteiger partial charge is 0.494 e. The number of ether oxygens (including phenoxy) is 1. The Balaban J connectivity index is 2.15. The maximum absolute atomic E-state index is 11.9. The number of nitrogens with one attached hydrogen (secondary N) is 1. The standard InChI is InChI=1S/C14H14ClNO2S/c1-2-18-12-6-5-11(8-10(12)9-15)16-14(17)13-4-3-7-19-13/h3-8H,2,9H2,1H3,(H,16,17). The maximum atomic E-state index is 11.9. The molecule has 1 amide bonds. The highest BCUT2D eigenvalue weighted by atomic mass is 35.5. The first-order valence-corrected chi connectivity index (χ1v) is 7.32. The van der Waals surface area contributed by atoms with Crippen LogP contribution in [0.5, 0.6) is 5.75 Å². The summed E-state index contributed by atoms with van der Waals surface area (Å²) in [5.41, 5.74) is 1.59. The Labute approximate surface area is 121 Å². The molecule has 100 valence electrons. The zero-order valence-corrected chi connectivity index (χ0v) is 12.1. The van der Waals surface area contributed by atoms with Crippen LogP contribution in [-0.2, 0) is 5.88 Å². The number of halogens is 1. The maximum Gasteiger partial charge on any atom is 0.265 e. The second-order valence-electron chi connectivity index (χ2n) is 3.82. The molecule has 1 aromatic heterocycles. The molecule has 0 saturated heterocycles. The van der Waals surface area contributed by atoms with Crippen LogP contribution in [0.25, 0.3) is 0 Å². The fourth-order valence-corrected chi connectivity index (χ4v) is 2.49. The highest BCUT2D eigenvalue weighted by molar-refractivity contribution is 7.12. The quantitative estimate of drug-likeness (QED) is 0.842. The Morgan fingerprint density at radius 1 is 1.42 bits per heavy atom.